The van der Waals surface area contributed by atoms with Crippen LogP contribution in [0.25, 0.3) is 33.0 Å². The number of piperidine rings is 1. The normalized spacial score (nSPS) is 18.5. The predicted octanol–water partition coefficient (Wildman–Crippen LogP) is 4.81. The number of carbonyl (C=O) groups is 1. The smallest absolute Gasteiger partial charge is 0.419 e. The molecule has 5 heterocycles. The van der Waals surface area contributed by atoms with E-state index in [0.717, 1.165) is 6.20 Å². The Labute approximate surface area is 206 Å². The molecule has 0 bridgehead atoms. The number of hydrogen-bond donors (Lipinski definition) is 3. The number of aryl methyl sites for hydroxylation is 1. The van der Waals surface area contributed by atoms with Gasteiger partial charge in [-0.3, -0.25) is 0 Å². The van der Waals surface area contributed by atoms with Gasteiger partial charge >= 0.3 is 12.3 Å². The highest BCUT2D eigenvalue weighted by atomic mass is 32.1. The SMILES string of the molecule is Cc1nsc(-c2ccc3c(-c4nc(N[C@@H]5CC[C@@H](C)N(C(=O)O)C5)ncc4C(F)(F)F)c[nH]c3n2)n1. The van der Waals surface area contributed by atoms with Crippen molar-refractivity contribution in [2.45, 2.75) is 44.9 Å². The van der Waals surface area contributed by atoms with Crippen molar-refractivity contribution in [2.24, 2.45) is 0 Å². The number of alkyl halides is 3. The van der Waals surface area contributed by atoms with Gasteiger partial charge in [0.05, 0.1) is 5.69 Å². The van der Waals surface area contributed by atoms with Crippen LogP contribution in [-0.4, -0.2) is 64.0 Å². The van der Waals surface area contributed by atoms with Crippen LogP contribution in [0.2, 0.25) is 0 Å². The van der Waals surface area contributed by atoms with Crippen LogP contribution in [0, 0.1) is 6.92 Å². The Morgan fingerprint density at radius 3 is 2.75 bits per heavy atom. The number of halogens is 3. The zero-order chi connectivity index (χ0) is 25.6. The highest BCUT2D eigenvalue weighted by molar-refractivity contribution is 7.09. The summed E-state index contributed by atoms with van der Waals surface area (Å²) >= 11 is 1.19. The fraction of sp³-hybridized carbons (Fsp3) is 0.364. The Morgan fingerprint density at radius 2 is 2.06 bits per heavy atom. The Bertz CT molecular complexity index is 1440. The van der Waals surface area contributed by atoms with E-state index in [9.17, 15) is 23.1 Å². The van der Waals surface area contributed by atoms with Crippen LogP contribution >= 0.6 is 11.5 Å². The number of nitrogens with one attached hydrogen (secondary N) is 2. The number of carboxylic acid groups (broad SMARTS) is 1. The fourth-order valence-electron chi connectivity index (χ4n) is 4.26. The summed E-state index contributed by atoms with van der Waals surface area (Å²) in [6, 6.07) is 2.88. The third kappa shape index (κ3) is 4.55. The van der Waals surface area contributed by atoms with Crippen LogP contribution in [0.4, 0.5) is 23.9 Å². The molecule has 1 aliphatic rings. The molecule has 3 N–H and O–H groups in total. The van der Waals surface area contributed by atoms with E-state index in [1.165, 1.54) is 22.6 Å². The Kier molecular flexibility index (Phi) is 5.98. The summed E-state index contributed by atoms with van der Waals surface area (Å²) in [7, 11) is 0. The third-order valence-corrected chi connectivity index (χ3v) is 6.92. The molecule has 1 saturated heterocycles. The number of H-pyrrole nitrogens is 1. The van der Waals surface area contributed by atoms with Crippen LogP contribution in [0.5, 0.6) is 0 Å². The molecule has 36 heavy (non-hydrogen) atoms. The molecule has 188 valence electrons. The standard InChI is InChI=1S/C22H21F3N8O2S/c1-10-3-4-12(9-33(10)21(34)35)29-20-27-8-15(22(23,24)25)17(31-20)14-7-26-18-13(14)5-6-16(30-18)19-28-11(2)32-36-19/h5-8,10,12H,3-4,9H2,1-2H3,(H,26,30)(H,34,35)(H,27,29,31)/t10-,12-/m1/s1. The molecule has 0 aliphatic carbocycles. The molecule has 1 fully saturated rings. The van der Waals surface area contributed by atoms with E-state index in [0.29, 0.717) is 40.4 Å². The van der Waals surface area contributed by atoms with E-state index in [2.05, 4.69) is 34.6 Å². The second-order valence-corrected chi connectivity index (χ2v) is 9.35. The van der Waals surface area contributed by atoms with Gasteiger partial charge in [-0.25, -0.2) is 24.7 Å². The Balaban J connectivity index is 1.51. The van der Waals surface area contributed by atoms with E-state index in [1.54, 1.807) is 19.1 Å². The number of hydrogen-bond acceptors (Lipinski definition) is 8. The van der Waals surface area contributed by atoms with Gasteiger partial charge < -0.3 is 20.3 Å². The lowest BCUT2D eigenvalue weighted by molar-refractivity contribution is -0.137. The van der Waals surface area contributed by atoms with Gasteiger partial charge in [0.1, 0.15) is 22.7 Å². The van der Waals surface area contributed by atoms with Gasteiger partial charge in [-0.1, -0.05) is 0 Å². The molecule has 10 nitrogen and oxygen atoms in total. The summed E-state index contributed by atoms with van der Waals surface area (Å²) < 4.78 is 45.8. The summed E-state index contributed by atoms with van der Waals surface area (Å²) in [6.07, 6.45) is -2.30. The molecule has 0 spiro atoms. The first-order valence-corrected chi connectivity index (χ1v) is 11.9. The number of aromatic amines is 1. The summed E-state index contributed by atoms with van der Waals surface area (Å²) in [5, 5.41) is 13.5. The summed E-state index contributed by atoms with van der Waals surface area (Å²) in [5.74, 6) is 0.602. The average Bonchev–Trinajstić information content (AvgIpc) is 3.45. The van der Waals surface area contributed by atoms with Crippen molar-refractivity contribution in [3.05, 3.63) is 35.9 Å². The van der Waals surface area contributed by atoms with Gasteiger partial charge in [0.15, 0.2) is 5.01 Å². The zero-order valence-electron chi connectivity index (χ0n) is 19.2. The van der Waals surface area contributed by atoms with Crippen LogP contribution in [-0.2, 0) is 6.18 Å². The lowest BCUT2D eigenvalue weighted by Gasteiger charge is -2.36. The summed E-state index contributed by atoms with van der Waals surface area (Å²) in [5.41, 5.74) is -0.124. The maximum absolute atomic E-state index is 13.9. The third-order valence-electron chi connectivity index (χ3n) is 6.10. The maximum atomic E-state index is 13.9. The molecule has 0 unspecified atom stereocenters. The number of aromatic nitrogens is 6. The number of fused-ring (bicyclic) bond motifs is 1. The molecular weight excluding hydrogens is 497 g/mol. The van der Waals surface area contributed by atoms with Gasteiger partial charge in [-0.2, -0.15) is 17.5 Å². The molecule has 4 aromatic heterocycles. The minimum atomic E-state index is -4.69. The monoisotopic (exact) mass is 518 g/mol. The average molecular weight is 519 g/mol. The first-order valence-electron chi connectivity index (χ1n) is 11.1. The quantitative estimate of drug-likeness (QED) is 0.351. The van der Waals surface area contributed by atoms with Crippen LogP contribution in [0.3, 0.4) is 0 Å². The topological polar surface area (TPSA) is 133 Å². The molecule has 4 aromatic rings. The van der Waals surface area contributed by atoms with Gasteiger partial charge in [-0.05, 0) is 50.4 Å². The number of rotatable bonds is 4. The number of pyridine rings is 1. The second kappa shape index (κ2) is 9.00. The number of nitrogens with zero attached hydrogens (tertiary/aromatic N) is 6. The summed E-state index contributed by atoms with van der Waals surface area (Å²) in [4.78, 5) is 32.6. The minimum Gasteiger partial charge on any atom is -0.465 e. The van der Waals surface area contributed by atoms with Crippen LogP contribution in [0.1, 0.15) is 31.2 Å². The van der Waals surface area contributed by atoms with E-state index in [1.807, 2.05) is 6.92 Å². The van der Waals surface area contributed by atoms with Gasteiger partial charge in [0.2, 0.25) is 5.95 Å². The Morgan fingerprint density at radius 1 is 1.25 bits per heavy atom. The predicted molar refractivity (Wildman–Crippen MR) is 127 cm³/mol. The van der Waals surface area contributed by atoms with Crippen molar-refractivity contribution in [1.82, 2.24) is 34.2 Å². The number of anilines is 1. The molecule has 2 atom stereocenters. The van der Waals surface area contributed by atoms with Crippen LogP contribution in [0.15, 0.2) is 24.5 Å². The Hall–Kier alpha value is -3.81. The molecule has 0 radical (unpaired) electrons. The molecular formula is C22H21F3N8O2S. The molecule has 1 amide bonds. The van der Waals surface area contributed by atoms with E-state index >= 15 is 0 Å². The van der Waals surface area contributed by atoms with Gasteiger partial charge in [0.25, 0.3) is 0 Å². The van der Waals surface area contributed by atoms with Crippen molar-refractivity contribution in [3.8, 4) is 22.0 Å². The van der Waals surface area contributed by atoms with Crippen molar-refractivity contribution < 1.29 is 23.1 Å². The summed E-state index contributed by atoms with van der Waals surface area (Å²) in [6.45, 7) is 3.76. The van der Waals surface area contributed by atoms with Crippen molar-refractivity contribution >= 4 is 34.6 Å². The number of amides is 1. The molecule has 14 heteroatoms. The highest BCUT2D eigenvalue weighted by Gasteiger charge is 2.36. The molecule has 5 rings (SSSR count). The second-order valence-electron chi connectivity index (χ2n) is 8.60. The largest absolute Gasteiger partial charge is 0.465 e. The lowest BCUT2D eigenvalue weighted by Crippen LogP contribution is -2.49. The van der Waals surface area contributed by atoms with E-state index < -0.39 is 17.8 Å². The first kappa shape index (κ1) is 23.9. The minimum absolute atomic E-state index is 0.00819. The van der Waals surface area contributed by atoms with Gasteiger partial charge in [-0.15, -0.1) is 0 Å². The van der Waals surface area contributed by atoms with Crippen molar-refractivity contribution in [2.75, 3.05) is 11.9 Å². The van der Waals surface area contributed by atoms with Crippen LogP contribution < -0.4 is 5.32 Å². The van der Waals surface area contributed by atoms with Crippen molar-refractivity contribution in [1.29, 1.82) is 0 Å². The zero-order valence-corrected chi connectivity index (χ0v) is 20.0. The number of likely N-dealkylation sites (tertiary alicyclic amines) is 1. The first-order chi connectivity index (χ1) is 17.1. The fourth-order valence-corrected chi connectivity index (χ4v) is 4.90. The van der Waals surface area contributed by atoms with Gasteiger partial charge in [0, 0.05) is 42.0 Å². The molecule has 0 aromatic carbocycles. The lowest BCUT2D eigenvalue weighted by atomic mass is 10.00. The van der Waals surface area contributed by atoms with E-state index in [4.69, 9.17) is 0 Å². The van der Waals surface area contributed by atoms with Crippen molar-refractivity contribution in [3.63, 3.8) is 0 Å². The molecule has 1 aliphatic heterocycles. The highest BCUT2D eigenvalue weighted by Crippen LogP contribution is 2.39. The maximum Gasteiger partial charge on any atom is 0.419 e. The molecule has 0 saturated carbocycles. The van der Waals surface area contributed by atoms with E-state index in [-0.39, 0.29) is 35.8 Å².